The summed E-state index contributed by atoms with van der Waals surface area (Å²) in [5, 5.41) is 7.63. The van der Waals surface area contributed by atoms with Gasteiger partial charge in [0.1, 0.15) is 6.04 Å². The van der Waals surface area contributed by atoms with E-state index in [-0.39, 0.29) is 18.1 Å². The normalized spacial score (nSPS) is 12.7. The molecule has 0 fully saturated rings. The second kappa shape index (κ2) is 7.50. The van der Waals surface area contributed by atoms with Gasteiger partial charge in [-0.15, -0.1) is 0 Å². The fourth-order valence-electron chi connectivity index (χ4n) is 1.53. The molecule has 1 heterocycles. The number of carbonyl (C=O) groups is 1. The van der Waals surface area contributed by atoms with Gasteiger partial charge in [0, 0.05) is 19.3 Å². The number of aromatic nitrogens is 2. The summed E-state index contributed by atoms with van der Waals surface area (Å²) in [6.45, 7) is 8.84. The topological polar surface area (TPSA) is 56.2 Å². The molecule has 1 N–H and O–H groups in total. The van der Waals surface area contributed by atoms with Crippen LogP contribution in [0.5, 0.6) is 0 Å². The predicted molar refractivity (Wildman–Crippen MR) is 75.4 cm³/mol. The van der Waals surface area contributed by atoms with E-state index in [0.717, 1.165) is 12.1 Å². The zero-order valence-corrected chi connectivity index (χ0v) is 12.7. The van der Waals surface area contributed by atoms with E-state index in [4.69, 9.17) is 16.3 Å². The molecule has 1 amide bonds. The third kappa shape index (κ3) is 5.20. The van der Waals surface area contributed by atoms with Crippen molar-refractivity contribution in [2.24, 2.45) is 0 Å². The van der Waals surface area contributed by atoms with Gasteiger partial charge in [0.2, 0.25) is 5.91 Å². The highest BCUT2D eigenvalue weighted by Crippen LogP contribution is 2.15. The van der Waals surface area contributed by atoms with Crippen LogP contribution >= 0.6 is 11.6 Å². The molecule has 1 rings (SSSR count). The number of halogens is 1. The van der Waals surface area contributed by atoms with E-state index in [1.807, 2.05) is 20.8 Å². The number of carbonyl (C=O) groups excluding carboxylic acids is 1. The third-order valence-corrected chi connectivity index (χ3v) is 3.08. The van der Waals surface area contributed by atoms with Crippen LogP contribution in [0.2, 0.25) is 5.02 Å². The quantitative estimate of drug-likeness (QED) is 0.783. The van der Waals surface area contributed by atoms with Crippen molar-refractivity contribution < 1.29 is 9.53 Å². The van der Waals surface area contributed by atoms with Crippen molar-refractivity contribution in [3.05, 3.63) is 16.9 Å². The Bertz CT molecular complexity index is 399. The molecule has 1 unspecified atom stereocenters. The number of rotatable bonds is 7. The van der Waals surface area contributed by atoms with E-state index in [9.17, 15) is 4.79 Å². The monoisotopic (exact) mass is 287 g/mol. The van der Waals surface area contributed by atoms with Crippen LogP contribution in [-0.2, 0) is 9.53 Å². The number of nitrogens with zero attached hydrogens (tertiary/aromatic N) is 2. The maximum atomic E-state index is 11.9. The fraction of sp³-hybridized carbons (Fsp3) is 0.692. The standard InChI is InChI=1S/C13H22ClN3O2/c1-9(2)19-7-5-6-15-13(18)11(4)17-8-12(14)10(3)16-17/h8-9,11H,5-7H2,1-4H3,(H,15,18). The Morgan fingerprint density at radius 1 is 1.53 bits per heavy atom. The zero-order valence-electron chi connectivity index (χ0n) is 11.9. The number of hydrogen-bond donors (Lipinski definition) is 1. The van der Waals surface area contributed by atoms with Crippen LogP contribution < -0.4 is 5.32 Å². The maximum Gasteiger partial charge on any atom is 0.244 e. The van der Waals surface area contributed by atoms with Gasteiger partial charge < -0.3 is 10.1 Å². The Labute approximate surface area is 119 Å². The van der Waals surface area contributed by atoms with Crippen molar-refractivity contribution >= 4 is 17.5 Å². The number of nitrogens with one attached hydrogen (secondary N) is 1. The summed E-state index contributed by atoms with van der Waals surface area (Å²) in [5.74, 6) is -0.0660. The Hall–Kier alpha value is -1.07. The van der Waals surface area contributed by atoms with Gasteiger partial charge in [-0.1, -0.05) is 11.6 Å². The van der Waals surface area contributed by atoms with Crippen LogP contribution in [0.25, 0.3) is 0 Å². The van der Waals surface area contributed by atoms with Crippen molar-refractivity contribution in [1.29, 1.82) is 0 Å². The smallest absolute Gasteiger partial charge is 0.244 e. The molecule has 0 saturated heterocycles. The van der Waals surface area contributed by atoms with Gasteiger partial charge >= 0.3 is 0 Å². The summed E-state index contributed by atoms with van der Waals surface area (Å²) in [6, 6.07) is -0.364. The first kappa shape index (κ1) is 16.0. The Balaban J connectivity index is 2.33. The molecule has 1 atom stereocenters. The highest BCUT2D eigenvalue weighted by atomic mass is 35.5. The van der Waals surface area contributed by atoms with Crippen LogP contribution in [0, 0.1) is 6.92 Å². The molecule has 0 aliphatic rings. The average Bonchev–Trinajstić information content (AvgIpc) is 2.67. The van der Waals surface area contributed by atoms with Gasteiger partial charge in [0.15, 0.2) is 0 Å². The highest BCUT2D eigenvalue weighted by Gasteiger charge is 2.16. The molecule has 0 spiro atoms. The minimum absolute atomic E-state index is 0.0660. The first-order valence-corrected chi connectivity index (χ1v) is 6.90. The first-order chi connectivity index (χ1) is 8.91. The molecule has 0 aliphatic carbocycles. The molecule has 0 bridgehead atoms. The van der Waals surface area contributed by atoms with Gasteiger partial charge in [-0.3, -0.25) is 9.48 Å². The molecule has 0 aromatic carbocycles. The van der Waals surface area contributed by atoms with Gasteiger partial charge in [0.25, 0.3) is 0 Å². The maximum absolute atomic E-state index is 11.9. The van der Waals surface area contributed by atoms with Crippen molar-refractivity contribution in [2.45, 2.75) is 46.3 Å². The summed E-state index contributed by atoms with van der Waals surface area (Å²) in [4.78, 5) is 11.9. The lowest BCUT2D eigenvalue weighted by Gasteiger charge is -2.13. The number of amides is 1. The minimum Gasteiger partial charge on any atom is -0.379 e. The van der Waals surface area contributed by atoms with Gasteiger partial charge in [0.05, 0.1) is 16.8 Å². The number of ether oxygens (including phenoxy) is 1. The SMILES string of the molecule is Cc1nn(C(C)C(=O)NCCCOC(C)C)cc1Cl. The fourth-order valence-corrected chi connectivity index (χ4v) is 1.67. The highest BCUT2D eigenvalue weighted by molar-refractivity contribution is 6.31. The largest absolute Gasteiger partial charge is 0.379 e. The molecule has 0 aliphatic heterocycles. The van der Waals surface area contributed by atoms with Gasteiger partial charge in [-0.2, -0.15) is 5.10 Å². The van der Waals surface area contributed by atoms with Crippen LogP contribution in [0.1, 0.15) is 38.9 Å². The summed E-state index contributed by atoms with van der Waals surface area (Å²) in [6.07, 6.45) is 2.70. The second-order valence-electron chi connectivity index (χ2n) is 4.78. The molecular weight excluding hydrogens is 266 g/mol. The summed E-state index contributed by atoms with van der Waals surface area (Å²) < 4.78 is 6.98. The molecule has 0 radical (unpaired) electrons. The zero-order chi connectivity index (χ0) is 14.4. The lowest BCUT2D eigenvalue weighted by atomic mass is 10.3. The number of aryl methyl sites for hydroxylation is 1. The van der Waals surface area contributed by atoms with E-state index in [1.165, 1.54) is 0 Å². The van der Waals surface area contributed by atoms with E-state index in [0.29, 0.717) is 18.2 Å². The summed E-state index contributed by atoms with van der Waals surface area (Å²) >= 11 is 5.92. The first-order valence-electron chi connectivity index (χ1n) is 6.52. The van der Waals surface area contributed by atoms with E-state index >= 15 is 0 Å². The molecule has 0 saturated carbocycles. The van der Waals surface area contributed by atoms with Crippen molar-refractivity contribution in [3.63, 3.8) is 0 Å². The molecule has 5 nitrogen and oxygen atoms in total. The van der Waals surface area contributed by atoms with Crippen LogP contribution in [0.3, 0.4) is 0 Å². The van der Waals surface area contributed by atoms with E-state index < -0.39 is 0 Å². The molecule has 6 heteroatoms. The lowest BCUT2D eigenvalue weighted by molar-refractivity contribution is -0.124. The molecule has 108 valence electrons. The Kier molecular flexibility index (Phi) is 6.31. The molecule has 19 heavy (non-hydrogen) atoms. The lowest BCUT2D eigenvalue weighted by Crippen LogP contribution is -2.32. The van der Waals surface area contributed by atoms with Gasteiger partial charge in [-0.05, 0) is 34.1 Å². The molecule has 1 aromatic rings. The average molecular weight is 288 g/mol. The predicted octanol–water partition coefficient (Wildman–Crippen LogP) is 2.34. The summed E-state index contributed by atoms with van der Waals surface area (Å²) in [7, 11) is 0. The minimum atomic E-state index is -0.364. The Morgan fingerprint density at radius 2 is 2.21 bits per heavy atom. The van der Waals surface area contributed by atoms with E-state index in [2.05, 4.69) is 10.4 Å². The number of hydrogen-bond acceptors (Lipinski definition) is 3. The van der Waals surface area contributed by atoms with Crippen molar-refractivity contribution in [3.8, 4) is 0 Å². The van der Waals surface area contributed by atoms with Crippen molar-refractivity contribution in [2.75, 3.05) is 13.2 Å². The molecule has 1 aromatic heterocycles. The second-order valence-corrected chi connectivity index (χ2v) is 5.19. The van der Waals surface area contributed by atoms with Crippen molar-refractivity contribution in [1.82, 2.24) is 15.1 Å². The Morgan fingerprint density at radius 3 is 2.74 bits per heavy atom. The van der Waals surface area contributed by atoms with Crippen LogP contribution in [0.15, 0.2) is 6.20 Å². The van der Waals surface area contributed by atoms with Crippen LogP contribution in [-0.4, -0.2) is 34.9 Å². The van der Waals surface area contributed by atoms with Gasteiger partial charge in [-0.25, -0.2) is 0 Å². The van der Waals surface area contributed by atoms with E-state index in [1.54, 1.807) is 17.8 Å². The van der Waals surface area contributed by atoms with Crippen LogP contribution in [0.4, 0.5) is 0 Å². The summed E-state index contributed by atoms with van der Waals surface area (Å²) in [5.41, 5.74) is 0.728. The molecular formula is C13H22ClN3O2. The third-order valence-electron chi connectivity index (χ3n) is 2.70.